The zero-order chi connectivity index (χ0) is 9.86. The topological polar surface area (TPSA) is 84.0 Å². The van der Waals surface area contributed by atoms with Crippen LogP contribution in [0.1, 0.15) is 0 Å². The molecular formula is C8H18N6. The summed E-state index contributed by atoms with van der Waals surface area (Å²) >= 11 is 0. The first-order chi connectivity index (χ1) is 6.87. The van der Waals surface area contributed by atoms with E-state index in [0.29, 0.717) is 13.1 Å². The van der Waals surface area contributed by atoms with E-state index in [2.05, 4.69) is 26.6 Å². The Bertz CT molecular complexity index is 173. The highest BCUT2D eigenvalue weighted by Gasteiger charge is 2.42. The highest BCUT2D eigenvalue weighted by Crippen LogP contribution is 2.13. The first-order valence-corrected chi connectivity index (χ1v) is 5.12. The van der Waals surface area contributed by atoms with E-state index in [1.54, 1.807) is 0 Å². The molecule has 0 spiro atoms. The summed E-state index contributed by atoms with van der Waals surface area (Å²) in [7, 11) is 0. The highest BCUT2D eigenvalue weighted by atomic mass is 15.5. The van der Waals surface area contributed by atoms with Crippen molar-refractivity contribution >= 4 is 0 Å². The maximum absolute atomic E-state index is 7.16. The van der Waals surface area contributed by atoms with Crippen molar-refractivity contribution in [2.75, 3.05) is 39.3 Å². The van der Waals surface area contributed by atoms with Crippen molar-refractivity contribution in [1.82, 2.24) is 32.3 Å². The van der Waals surface area contributed by atoms with Gasteiger partial charge in [0.25, 0.3) is 0 Å². The molecule has 80 valence electrons. The van der Waals surface area contributed by atoms with E-state index in [-0.39, 0.29) is 5.79 Å². The molecule has 6 nitrogen and oxygen atoms in total. The van der Waals surface area contributed by atoms with Gasteiger partial charge in [-0.15, -0.1) is 0 Å². The summed E-state index contributed by atoms with van der Waals surface area (Å²) in [5.74, 6) is -0.350. The van der Waals surface area contributed by atoms with E-state index in [1.165, 1.54) is 0 Å². The summed E-state index contributed by atoms with van der Waals surface area (Å²) < 4.78 is 0. The summed E-state index contributed by atoms with van der Waals surface area (Å²) in [4.78, 5) is 0. The molecule has 2 fully saturated rings. The third-order valence-corrected chi connectivity index (χ3v) is 2.52. The van der Waals surface area contributed by atoms with Crippen LogP contribution in [0.2, 0.25) is 0 Å². The summed E-state index contributed by atoms with van der Waals surface area (Å²) in [5, 5.41) is 16.7. The van der Waals surface area contributed by atoms with Crippen molar-refractivity contribution in [3.05, 3.63) is 6.17 Å². The smallest absolute Gasteiger partial charge is 0.159 e. The molecule has 2 aliphatic heterocycles. The largest absolute Gasteiger partial charge is 0.291 e. The van der Waals surface area contributed by atoms with Gasteiger partial charge >= 0.3 is 0 Å². The lowest BCUT2D eigenvalue weighted by Crippen LogP contribution is -2.69. The van der Waals surface area contributed by atoms with Crippen LogP contribution in [-0.2, 0) is 0 Å². The Kier molecular flexibility index (Phi) is 3.32. The highest BCUT2D eigenvalue weighted by molar-refractivity contribution is 5.11. The molecule has 2 heterocycles. The minimum Gasteiger partial charge on any atom is -0.291 e. The van der Waals surface area contributed by atoms with Gasteiger partial charge in [-0.3, -0.25) is 32.3 Å². The van der Waals surface area contributed by atoms with E-state index >= 15 is 0 Å². The van der Waals surface area contributed by atoms with Gasteiger partial charge in [-0.05, 0) is 0 Å². The van der Waals surface area contributed by atoms with Crippen LogP contribution in [0.25, 0.3) is 0 Å². The van der Waals surface area contributed by atoms with Gasteiger partial charge in [-0.2, -0.15) is 0 Å². The number of rotatable bonds is 4. The Balaban J connectivity index is 1.97. The molecule has 2 aliphatic rings. The van der Waals surface area contributed by atoms with Crippen LogP contribution < -0.4 is 32.3 Å². The van der Waals surface area contributed by atoms with Crippen molar-refractivity contribution < 1.29 is 0 Å². The van der Waals surface area contributed by atoms with Crippen LogP contribution in [0.5, 0.6) is 0 Å². The third-order valence-electron chi connectivity index (χ3n) is 2.52. The van der Waals surface area contributed by atoms with Crippen molar-refractivity contribution in [2.45, 2.75) is 5.79 Å². The quantitative estimate of drug-likeness (QED) is 0.342. The van der Waals surface area contributed by atoms with Crippen LogP contribution in [-0.4, -0.2) is 45.1 Å². The average molecular weight is 198 g/mol. The third kappa shape index (κ3) is 1.90. The molecule has 0 aromatic heterocycles. The Hall–Kier alpha value is -0.240. The lowest BCUT2D eigenvalue weighted by atomic mass is 10.2. The molecule has 2 rings (SSSR count). The van der Waals surface area contributed by atoms with Gasteiger partial charge in [0.1, 0.15) is 0 Å². The summed E-state index contributed by atoms with van der Waals surface area (Å²) in [5.41, 5.74) is 7.16. The average Bonchev–Trinajstić information content (AvgIpc) is 2.86. The second-order valence-corrected chi connectivity index (χ2v) is 3.51. The Morgan fingerprint density at radius 2 is 1.79 bits per heavy atom. The lowest BCUT2D eigenvalue weighted by Gasteiger charge is -2.35. The molecule has 0 bridgehead atoms. The fourth-order valence-electron chi connectivity index (χ4n) is 1.91. The van der Waals surface area contributed by atoms with Gasteiger partial charge in [0.15, 0.2) is 12.0 Å². The molecule has 0 aliphatic carbocycles. The van der Waals surface area contributed by atoms with Gasteiger partial charge in [-0.25, -0.2) is 0 Å². The van der Waals surface area contributed by atoms with Gasteiger partial charge in [-0.1, -0.05) is 0 Å². The molecule has 0 aromatic carbocycles. The van der Waals surface area contributed by atoms with Gasteiger partial charge in [0.05, 0.1) is 0 Å². The van der Waals surface area contributed by atoms with Crippen LogP contribution in [0.4, 0.5) is 0 Å². The molecule has 0 aromatic rings. The monoisotopic (exact) mass is 198 g/mol. The van der Waals surface area contributed by atoms with Crippen LogP contribution in [0.15, 0.2) is 0 Å². The Labute approximate surface area is 84.4 Å². The van der Waals surface area contributed by atoms with Gasteiger partial charge < -0.3 is 0 Å². The van der Waals surface area contributed by atoms with E-state index < -0.39 is 0 Å². The van der Waals surface area contributed by atoms with Gasteiger partial charge in [0.2, 0.25) is 0 Å². The molecule has 0 saturated carbocycles. The zero-order valence-electron chi connectivity index (χ0n) is 8.24. The Morgan fingerprint density at radius 1 is 1.14 bits per heavy atom. The Morgan fingerprint density at radius 3 is 2.36 bits per heavy atom. The molecule has 14 heavy (non-hydrogen) atoms. The van der Waals surface area contributed by atoms with Crippen molar-refractivity contribution in [3.8, 4) is 0 Å². The molecule has 6 heteroatoms. The molecule has 6 N–H and O–H groups in total. The number of hydrogen-bond acceptors (Lipinski definition) is 5. The normalized spacial score (nSPS) is 27.2. The van der Waals surface area contributed by atoms with Crippen molar-refractivity contribution in [3.63, 3.8) is 0 Å². The minimum atomic E-state index is -0.350. The van der Waals surface area contributed by atoms with Crippen molar-refractivity contribution in [2.24, 2.45) is 0 Å². The minimum absolute atomic E-state index is 0.350. The maximum Gasteiger partial charge on any atom is 0.159 e. The number of hydrogen-bond donors (Lipinski definition) is 5. The predicted octanol–water partition coefficient (Wildman–Crippen LogP) is -2.61. The summed E-state index contributed by atoms with van der Waals surface area (Å²) in [6.45, 7) is 4.87. The van der Waals surface area contributed by atoms with Crippen LogP contribution in [0.3, 0.4) is 0 Å². The maximum atomic E-state index is 7.16. The van der Waals surface area contributed by atoms with E-state index in [9.17, 15) is 0 Å². The van der Waals surface area contributed by atoms with Crippen LogP contribution in [0, 0.1) is 6.17 Å². The van der Waals surface area contributed by atoms with Crippen LogP contribution >= 0.6 is 0 Å². The lowest BCUT2D eigenvalue weighted by molar-refractivity contribution is 0.249. The molecule has 0 amide bonds. The predicted molar refractivity (Wildman–Crippen MR) is 54.0 cm³/mol. The fraction of sp³-hybridized carbons (Fsp3) is 0.875. The van der Waals surface area contributed by atoms with Gasteiger partial charge in [0, 0.05) is 39.3 Å². The zero-order valence-corrected chi connectivity index (χ0v) is 8.24. The molecule has 2 saturated heterocycles. The first kappa shape index (κ1) is 10.3. The van der Waals surface area contributed by atoms with Crippen molar-refractivity contribution in [1.29, 1.82) is 0 Å². The second-order valence-electron chi connectivity index (χ2n) is 3.51. The van der Waals surface area contributed by atoms with E-state index in [1.807, 2.05) is 0 Å². The fourth-order valence-corrected chi connectivity index (χ4v) is 1.91. The summed E-state index contributed by atoms with van der Waals surface area (Å²) in [6.07, 6.45) is 1.06. The van der Waals surface area contributed by atoms with E-state index in [4.69, 9.17) is 5.73 Å². The molecular weight excluding hydrogens is 180 g/mol. The SMILES string of the molecule is [NH]CCNC1([C]2NCCN2)NCCN1. The molecule has 0 unspecified atom stereocenters. The number of nitrogens with one attached hydrogen (secondary N) is 6. The second kappa shape index (κ2) is 4.52. The first-order valence-electron chi connectivity index (χ1n) is 5.12. The molecule has 2 radical (unpaired) electrons. The van der Waals surface area contributed by atoms with E-state index in [0.717, 1.165) is 32.3 Å². The standard InChI is InChI=1S/C8H18N6/c9-1-2-12-8(13-5-6-14-8)7-10-3-4-11-7/h9-14H,1-6H2. The molecule has 0 atom stereocenters. The summed E-state index contributed by atoms with van der Waals surface area (Å²) in [6, 6.07) is 0.